The third kappa shape index (κ3) is 2.73. The average Bonchev–Trinajstić information content (AvgIpc) is 2.38. The molecule has 4 heteroatoms. The maximum absolute atomic E-state index is 9.58. The van der Waals surface area contributed by atoms with Crippen molar-refractivity contribution in [2.75, 3.05) is 5.32 Å². The number of para-hydroxylation sites is 1. The molecule has 0 atom stereocenters. The Bertz CT molecular complexity index is 561. The zero-order valence-corrected chi connectivity index (χ0v) is 9.09. The number of nitriles is 1. The number of aromatic nitrogens is 1. The van der Waals surface area contributed by atoms with Crippen LogP contribution in [0.3, 0.4) is 0 Å². The number of benzene rings is 1. The van der Waals surface area contributed by atoms with Crippen LogP contribution in [0, 0.1) is 11.3 Å². The summed E-state index contributed by atoms with van der Waals surface area (Å²) >= 11 is 0. The van der Waals surface area contributed by atoms with Crippen molar-refractivity contribution in [1.82, 2.24) is 4.98 Å². The summed E-state index contributed by atoms with van der Waals surface area (Å²) in [5.74, 6) is 0.259. The van der Waals surface area contributed by atoms with Crippen molar-refractivity contribution >= 4 is 5.69 Å². The molecule has 84 valence electrons. The van der Waals surface area contributed by atoms with Gasteiger partial charge in [-0.1, -0.05) is 18.2 Å². The molecule has 2 aromatic rings. The zero-order valence-electron chi connectivity index (χ0n) is 9.09. The number of nitrogens with one attached hydrogen (secondary N) is 1. The Morgan fingerprint density at radius 3 is 2.88 bits per heavy atom. The minimum absolute atomic E-state index is 0.259. The number of phenols is 1. The van der Waals surface area contributed by atoms with E-state index in [4.69, 9.17) is 5.26 Å². The van der Waals surface area contributed by atoms with E-state index in [9.17, 15) is 5.11 Å². The topological polar surface area (TPSA) is 68.9 Å². The first kappa shape index (κ1) is 11.0. The van der Waals surface area contributed by atoms with Crippen molar-refractivity contribution in [3.8, 4) is 11.8 Å². The van der Waals surface area contributed by atoms with Crippen molar-refractivity contribution in [2.24, 2.45) is 0 Å². The van der Waals surface area contributed by atoms with Gasteiger partial charge in [-0.05, 0) is 18.2 Å². The molecule has 1 aromatic heterocycles. The van der Waals surface area contributed by atoms with Gasteiger partial charge in [0.25, 0.3) is 0 Å². The molecule has 1 heterocycles. The summed E-state index contributed by atoms with van der Waals surface area (Å²) < 4.78 is 0. The quantitative estimate of drug-likeness (QED) is 0.840. The fourth-order valence-electron chi connectivity index (χ4n) is 1.46. The van der Waals surface area contributed by atoms with Gasteiger partial charge < -0.3 is 10.4 Å². The molecule has 1 aromatic carbocycles. The Morgan fingerprint density at radius 2 is 2.12 bits per heavy atom. The van der Waals surface area contributed by atoms with Crippen molar-refractivity contribution in [1.29, 1.82) is 5.26 Å². The monoisotopic (exact) mass is 225 g/mol. The normalized spacial score (nSPS) is 9.59. The molecule has 0 bridgehead atoms. The minimum Gasteiger partial charge on any atom is -0.508 e. The molecule has 0 fully saturated rings. The van der Waals surface area contributed by atoms with E-state index in [0.717, 1.165) is 11.3 Å². The highest BCUT2D eigenvalue weighted by Gasteiger charge is 2.00. The summed E-state index contributed by atoms with van der Waals surface area (Å²) in [4.78, 5) is 3.88. The lowest BCUT2D eigenvalue weighted by molar-refractivity contribution is 0.469. The molecule has 0 radical (unpaired) electrons. The predicted molar refractivity (Wildman–Crippen MR) is 64.4 cm³/mol. The van der Waals surface area contributed by atoms with Gasteiger partial charge in [0.05, 0.1) is 0 Å². The molecule has 0 spiro atoms. The second-order valence-electron chi connectivity index (χ2n) is 3.52. The maximum Gasteiger partial charge on any atom is 0.142 e. The number of pyridine rings is 1. The number of nitrogens with zero attached hydrogens (tertiary/aromatic N) is 2. The second-order valence-corrected chi connectivity index (χ2v) is 3.52. The first-order valence-corrected chi connectivity index (χ1v) is 5.16. The fourth-order valence-corrected chi connectivity index (χ4v) is 1.46. The van der Waals surface area contributed by atoms with Crippen LogP contribution < -0.4 is 5.32 Å². The molecule has 2 rings (SSSR count). The van der Waals surface area contributed by atoms with Gasteiger partial charge in [0.1, 0.15) is 17.5 Å². The minimum atomic E-state index is 0.259. The molecule has 4 nitrogen and oxygen atoms in total. The van der Waals surface area contributed by atoms with Crippen molar-refractivity contribution in [3.63, 3.8) is 0 Å². The predicted octanol–water partition coefficient (Wildman–Crippen LogP) is 2.27. The van der Waals surface area contributed by atoms with Gasteiger partial charge in [-0.3, -0.25) is 0 Å². The van der Waals surface area contributed by atoms with Crippen LogP contribution in [0.2, 0.25) is 0 Å². The Kier molecular flexibility index (Phi) is 3.22. The highest BCUT2D eigenvalue weighted by molar-refractivity contribution is 5.47. The Labute approximate surface area is 99.2 Å². The van der Waals surface area contributed by atoms with E-state index in [0.29, 0.717) is 12.2 Å². The molecule has 0 aliphatic rings. The second kappa shape index (κ2) is 4.99. The molecule has 0 aliphatic heterocycles. The van der Waals surface area contributed by atoms with E-state index >= 15 is 0 Å². The third-order valence-electron chi connectivity index (χ3n) is 2.35. The highest BCUT2D eigenvalue weighted by Crippen LogP contribution is 2.17. The fraction of sp³-hybridized carbons (Fsp3) is 0.0769. The van der Waals surface area contributed by atoms with Crippen LogP contribution in [0.1, 0.15) is 11.3 Å². The highest BCUT2D eigenvalue weighted by atomic mass is 16.3. The third-order valence-corrected chi connectivity index (χ3v) is 2.35. The summed E-state index contributed by atoms with van der Waals surface area (Å²) in [6.45, 7) is 0.502. The zero-order chi connectivity index (χ0) is 12.1. The summed E-state index contributed by atoms with van der Waals surface area (Å²) in [5, 5.41) is 21.4. The summed E-state index contributed by atoms with van der Waals surface area (Å²) in [5.41, 5.74) is 1.98. The van der Waals surface area contributed by atoms with Crippen LogP contribution in [0.25, 0.3) is 0 Å². The van der Waals surface area contributed by atoms with E-state index in [1.165, 1.54) is 0 Å². The molecule has 0 saturated heterocycles. The number of aromatic hydroxyl groups is 1. The number of rotatable bonds is 3. The molecule has 2 N–H and O–H groups in total. The van der Waals surface area contributed by atoms with Gasteiger partial charge in [0.2, 0.25) is 0 Å². The molecule has 0 amide bonds. The van der Waals surface area contributed by atoms with E-state index < -0.39 is 0 Å². The first-order valence-electron chi connectivity index (χ1n) is 5.16. The smallest absolute Gasteiger partial charge is 0.142 e. The van der Waals surface area contributed by atoms with E-state index in [-0.39, 0.29) is 5.75 Å². The number of phenolic OH excluding ortho intramolecular Hbond substituents is 1. The van der Waals surface area contributed by atoms with E-state index in [1.807, 2.05) is 18.2 Å². The van der Waals surface area contributed by atoms with Crippen molar-refractivity contribution in [2.45, 2.75) is 6.54 Å². The van der Waals surface area contributed by atoms with Crippen LogP contribution in [0.5, 0.6) is 5.75 Å². The molecular formula is C13H11N3O. The lowest BCUT2D eigenvalue weighted by Gasteiger charge is -2.07. The maximum atomic E-state index is 9.58. The molecule has 0 saturated carbocycles. The Morgan fingerprint density at radius 1 is 1.29 bits per heavy atom. The first-order chi connectivity index (χ1) is 8.29. The van der Waals surface area contributed by atoms with Gasteiger partial charge >= 0.3 is 0 Å². The van der Waals surface area contributed by atoms with Gasteiger partial charge in [-0.2, -0.15) is 5.26 Å². The van der Waals surface area contributed by atoms with Crippen LogP contribution >= 0.6 is 0 Å². The summed E-state index contributed by atoms with van der Waals surface area (Å²) in [6, 6.07) is 12.5. The van der Waals surface area contributed by atoms with Gasteiger partial charge in [-0.15, -0.1) is 0 Å². The lowest BCUT2D eigenvalue weighted by atomic mass is 10.2. The van der Waals surface area contributed by atoms with Gasteiger partial charge in [0.15, 0.2) is 0 Å². The van der Waals surface area contributed by atoms with Crippen LogP contribution in [0.4, 0.5) is 5.69 Å². The van der Waals surface area contributed by atoms with Crippen molar-refractivity contribution < 1.29 is 5.11 Å². The lowest BCUT2D eigenvalue weighted by Crippen LogP contribution is -2.00. The number of anilines is 1. The molecule has 17 heavy (non-hydrogen) atoms. The molecule has 0 unspecified atom stereocenters. The van der Waals surface area contributed by atoms with Crippen molar-refractivity contribution in [3.05, 3.63) is 53.9 Å². The van der Waals surface area contributed by atoms with E-state index in [2.05, 4.69) is 10.3 Å². The summed E-state index contributed by atoms with van der Waals surface area (Å²) in [7, 11) is 0. The Balaban J connectivity index is 2.08. The molecular weight excluding hydrogens is 214 g/mol. The van der Waals surface area contributed by atoms with E-state index in [1.54, 1.807) is 30.5 Å². The summed E-state index contributed by atoms with van der Waals surface area (Å²) in [6.07, 6.45) is 1.58. The van der Waals surface area contributed by atoms with Crippen LogP contribution in [-0.4, -0.2) is 10.1 Å². The SMILES string of the molecule is N#Cc1cc(NCc2ccccc2O)ccn1. The largest absolute Gasteiger partial charge is 0.508 e. The Hall–Kier alpha value is -2.54. The standard InChI is InChI=1S/C13H11N3O/c14-8-12-7-11(5-6-15-12)16-9-10-3-1-2-4-13(10)17/h1-7,17H,9H2,(H,15,16). The number of hydrogen-bond acceptors (Lipinski definition) is 4. The van der Waals surface area contributed by atoms with Gasteiger partial charge in [-0.25, -0.2) is 4.98 Å². The van der Waals surface area contributed by atoms with Crippen LogP contribution in [0.15, 0.2) is 42.6 Å². The van der Waals surface area contributed by atoms with Gasteiger partial charge in [0, 0.05) is 24.0 Å². The average molecular weight is 225 g/mol. The number of hydrogen-bond donors (Lipinski definition) is 2. The van der Waals surface area contributed by atoms with Crippen LogP contribution in [-0.2, 0) is 6.54 Å². The molecule has 0 aliphatic carbocycles.